The standard InChI is InChI=1S/C18H30N7O7P.C2H6/c1-5-30-13(26)9-21-32-33(24-12(3)17(27)31-6-2)11-29-8-7-25-10-20-14-15(25)22-18(19)23-16(14)28-4;1-2/h10,12,21,24H,5-9,11H2,1-4H3,(H2,19,22,23);1-2H3. The summed E-state index contributed by atoms with van der Waals surface area (Å²) < 4.78 is 28.0. The van der Waals surface area contributed by atoms with Crippen LogP contribution in [0.15, 0.2) is 6.33 Å². The molecular weight excluding hydrogens is 481 g/mol. The van der Waals surface area contributed by atoms with Crippen LogP contribution in [0.1, 0.15) is 34.6 Å². The zero-order chi connectivity index (χ0) is 26.2. The Bertz CT molecular complexity index is 915. The molecule has 0 aliphatic rings. The normalized spacial score (nSPS) is 12.4. The molecule has 14 nitrogen and oxygen atoms in total. The Kier molecular flexibility index (Phi) is 14.7. The molecule has 0 saturated carbocycles. The van der Waals surface area contributed by atoms with Crippen molar-refractivity contribution in [2.24, 2.45) is 0 Å². The smallest absolute Gasteiger partial charge is 0.323 e. The maximum absolute atomic E-state index is 11.9. The van der Waals surface area contributed by atoms with Crippen LogP contribution in [0.4, 0.5) is 5.95 Å². The van der Waals surface area contributed by atoms with E-state index < -0.39 is 26.3 Å². The first-order chi connectivity index (χ1) is 16.9. The highest BCUT2D eigenvalue weighted by Crippen LogP contribution is 2.31. The highest BCUT2D eigenvalue weighted by molar-refractivity contribution is 7.50. The molecule has 0 aromatic carbocycles. The summed E-state index contributed by atoms with van der Waals surface area (Å²) in [5, 5.41) is 3.01. The maximum Gasteiger partial charge on any atom is 0.323 e. The van der Waals surface area contributed by atoms with E-state index >= 15 is 0 Å². The molecule has 0 fully saturated rings. The Morgan fingerprint density at radius 1 is 1.20 bits per heavy atom. The van der Waals surface area contributed by atoms with Crippen molar-refractivity contribution in [3.63, 3.8) is 0 Å². The minimum Gasteiger partial charge on any atom is -0.479 e. The Labute approximate surface area is 206 Å². The molecule has 0 bridgehead atoms. The predicted octanol–water partition coefficient (Wildman–Crippen LogP) is 1.35. The zero-order valence-electron chi connectivity index (χ0n) is 21.1. The first-order valence-corrected chi connectivity index (χ1v) is 12.7. The van der Waals surface area contributed by atoms with Crippen molar-refractivity contribution in [3.05, 3.63) is 6.33 Å². The number of esters is 2. The number of aromatic nitrogens is 4. The topological polar surface area (TPSA) is 174 Å². The second kappa shape index (κ2) is 16.9. The molecule has 2 rings (SSSR count). The van der Waals surface area contributed by atoms with Gasteiger partial charge < -0.3 is 29.2 Å². The highest BCUT2D eigenvalue weighted by Gasteiger charge is 2.21. The molecule has 0 aliphatic carbocycles. The van der Waals surface area contributed by atoms with Crippen LogP contribution in [0.3, 0.4) is 0 Å². The molecular formula is C20H36N7O7P. The second-order valence-electron chi connectivity index (χ2n) is 6.44. The fourth-order valence-corrected chi connectivity index (χ4v) is 3.79. The van der Waals surface area contributed by atoms with E-state index in [0.29, 0.717) is 23.6 Å². The van der Waals surface area contributed by atoms with E-state index in [0.717, 1.165) is 0 Å². The monoisotopic (exact) mass is 517 g/mol. The molecule has 0 saturated heterocycles. The number of carbonyl (C=O) groups is 2. The number of methoxy groups -OCH3 is 1. The molecule has 0 amide bonds. The zero-order valence-corrected chi connectivity index (χ0v) is 22.0. The van der Waals surface area contributed by atoms with E-state index in [-0.39, 0.29) is 38.7 Å². The number of hydrogen-bond acceptors (Lipinski definition) is 13. The van der Waals surface area contributed by atoms with E-state index in [4.69, 9.17) is 29.3 Å². The molecule has 0 aliphatic heterocycles. The van der Waals surface area contributed by atoms with Gasteiger partial charge in [0, 0.05) is 6.54 Å². The van der Waals surface area contributed by atoms with Crippen LogP contribution in [0, 0.1) is 0 Å². The van der Waals surface area contributed by atoms with Gasteiger partial charge in [0.1, 0.15) is 18.9 Å². The second-order valence-corrected chi connectivity index (χ2v) is 7.89. The van der Waals surface area contributed by atoms with Gasteiger partial charge in [0.2, 0.25) is 11.8 Å². The third-order valence-corrected chi connectivity index (χ3v) is 5.44. The Balaban J connectivity index is 0.00000298. The van der Waals surface area contributed by atoms with E-state index in [1.807, 2.05) is 13.8 Å². The number of nitrogens with zero attached hydrogens (tertiary/aromatic N) is 4. The van der Waals surface area contributed by atoms with Gasteiger partial charge >= 0.3 is 11.9 Å². The van der Waals surface area contributed by atoms with E-state index in [1.54, 1.807) is 31.7 Å². The van der Waals surface area contributed by atoms with E-state index in [2.05, 4.69) is 25.5 Å². The van der Waals surface area contributed by atoms with Gasteiger partial charge in [-0.1, -0.05) is 13.8 Å². The number of carbonyl (C=O) groups excluding carboxylic acids is 2. The number of anilines is 1. The lowest BCUT2D eigenvalue weighted by Crippen LogP contribution is -2.35. The van der Waals surface area contributed by atoms with E-state index in [1.165, 1.54) is 7.11 Å². The molecule has 15 heteroatoms. The van der Waals surface area contributed by atoms with Crippen molar-refractivity contribution in [1.29, 1.82) is 0 Å². The molecule has 2 heterocycles. The number of ether oxygens (including phenoxy) is 4. The largest absolute Gasteiger partial charge is 0.479 e. The summed E-state index contributed by atoms with van der Waals surface area (Å²) >= 11 is 0. The van der Waals surface area contributed by atoms with Crippen molar-refractivity contribution in [1.82, 2.24) is 30.1 Å². The van der Waals surface area contributed by atoms with Crippen molar-refractivity contribution < 1.29 is 33.2 Å². The van der Waals surface area contributed by atoms with Gasteiger partial charge in [-0.2, -0.15) is 15.4 Å². The number of imidazole rings is 1. The molecule has 198 valence electrons. The minimum absolute atomic E-state index is 0.0729. The van der Waals surface area contributed by atoms with Crippen LogP contribution in [0.25, 0.3) is 11.2 Å². The summed E-state index contributed by atoms with van der Waals surface area (Å²) in [4.78, 5) is 35.9. The Morgan fingerprint density at radius 2 is 1.91 bits per heavy atom. The molecule has 2 unspecified atom stereocenters. The number of hydroxylamine groups is 1. The molecule has 2 atom stereocenters. The Hall–Kier alpha value is -2.64. The van der Waals surface area contributed by atoms with Gasteiger partial charge in [-0.05, 0) is 20.8 Å². The van der Waals surface area contributed by atoms with Gasteiger partial charge in [0.25, 0.3) is 0 Å². The molecule has 2 aromatic heterocycles. The number of nitrogens with one attached hydrogen (secondary N) is 2. The SMILES string of the molecule is CC.CCOC(=O)CNOP(COCCn1cnc2c(OC)nc(N)nc21)NC(C)C(=O)OCC. The summed E-state index contributed by atoms with van der Waals surface area (Å²) in [6.07, 6.45) is 1.72. The third-order valence-electron chi connectivity index (χ3n) is 4.00. The molecule has 2 aromatic rings. The van der Waals surface area contributed by atoms with Crippen LogP contribution in [-0.2, 0) is 35.0 Å². The van der Waals surface area contributed by atoms with Gasteiger partial charge in [-0.3, -0.25) is 19.3 Å². The average molecular weight is 518 g/mol. The van der Waals surface area contributed by atoms with Crippen molar-refractivity contribution in [2.45, 2.75) is 47.2 Å². The molecule has 4 N–H and O–H groups in total. The van der Waals surface area contributed by atoms with Crippen LogP contribution >= 0.6 is 8.30 Å². The van der Waals surface area contributed by atoms with Gasteiger partial charge in [-0.25, -0.2) is 4.98 Å². The van der Waals surface area contributed by atoms with Crippen molar-refractivity contribution in [3.8, 4) is 5.88 Å². The summed E-state index contributed by atoms with van der Waals surface area (Å²) in [7, 11) is -0.00414. The Morgan fingerprint density at radius 3 is 2.57 bits per heavy atom. The highest BCUT2D eigenvalue weighted by atomic mass is 31.2. The lowest BCUT2D eigenvalue weighted by molar-refractivity contribution is -0.145. The lowest BCUT2D eigenvalue weighted by Gasteiger charge is -2.21. The predicted molar refractivity (Wildman–Crippen MR) is 130 cm³/mol. The number of hydrogen-bond donors (Lipinski definition) is 3. The lowest BCUT2D eigenvalue weighted by atomic mass is 10.4. The molecule has 0 spiro atoms. The van der Waals surface area contributed by atoms with Crippen LogP contribution in [0.5, 0.6) is 5.88 Å². The first kappa shape index (κ1) is 30.4. The van der Waals surface area contributed by atoms with E-state index in [9.17, 15) is 9.59 Å². The fourth-order valence-electron chi connectivity index (χ4n) is 2.56. The maximum atomic E-state index is 11.9. The molecule has 0 radical (unpaired) electrons. The first-order valence-electron chi connectivity index (χ1n) is 11.2. The summed E-state index contributed by atoms with van der Waals surface area (Å²) in [6, 6.07) is -0.631. The van der Waals surface area contributed by atoms with Crippen molar-refractivity contribution >= 4 is 37.4 Å². The quantitative estimate of drug-likeness (QED) is 0.134. The number of nitrogen functional groups attached to an aromatic ring is 1. The minimum atomic E-state index is -1.48. The van der Waals surface area contributed by atoms with Gasteiger partial charge in [0.05, 0.1) is 33.3 Å². The molecule has 35 heavy (non-hydrogen) atoms. The van der Waals surface area contributed by atoms with Crippen molar-refractivity contribution in [2.75, 3.05) is 45.6 Å². The van der Waals surface area contributed by atoms with Gasteiger partial charge in [0.15, 0.2) is 19.5 Å². The van der Waals surface area contributed by atoms with Crippen LogP contribution in [0.2, 0.25) is 0 Å². The fraction of sp³-hybridized carbons (Fsp3) is 0.650. The van der Waals surface area contributed by atoms with Crippen LogP contribution in [-0.4, -0.2) is 77.3 Å². The average Bonchev–Trinajstić information content (AvgIpc) is 3.25. The van der Waals surface area contributed by atoms with Crippen LogP contribution < -0.4 is 21.0 Å². The summed E-state index contributed by atoms with van der Waals surface area (Å²) in [6.45, 7) is 10.2. The third kappa shape index (κ3) is 10.2. The summed E-state index contributed by atoms with van der Waals surface area (Å²) in [5.41, 5.74) is 9.28. The number of fused-ring (bicyclic) bond motifs is 1. The number of nitrogens with two attached hydrogens (primary N) is 1. The number of rotatable bonds is 15. The summed E-state index contributed by atoms with van der Waals surface area (Å²) in [5.74, 6) is -0.520. The van der Waals surface area contributed by atoms with Gasteiger partial charge in [-0.15, -0.1) is 0 Å².